The highest BCUT2D eigenvalue weighted by atomic mass is 16.2. The maximum atomic E-state index is 13.3. The van der Waals surface area contributed by atoms with Crippen LogP contribution in [0.25, 0.3) is 0 Å². The molecule has 1 aliphatic heterocycles. The van der Waals surface area contributed by atoms with Crippen molar-refractivity contribution in [2.45, 2.75) is 77.0 Å². The molecule has 2 aliphatic rings. The van der Waals surface area contributed by atoms with Gasteiger partial charge in [-0.15, -0.1) is 0 Å². The summed E-state index contributed by atoms with van der Waals surface area (Å²) < 4.78 is 0. The Morgan fingerprint density at radius 2 is 1.45 bits per heavy atom. The molecule has 2 aromatic rings. The second-order valence-corrected chi connectivity index (χ2v) is 10.4. The average Bonchev–Trinajstić information content (AvgIpc) is 2.72. The maximum Gasteiger partial charge on any atom is 0.225 e. The molecule has 1 amide bonds. The summed E-state index contributed by atoms with van der Waals surface area (Å²) in [4.78, 5) is 25.8. The monoisotopic (exact) mass is 415 g/mol. The molecule has 0 spiro atoms. The van der Waals surface area contributed by atoms with Crippen LogP contribution in [0.5, 0.6) is 0 Å². The van der Waals surface area contributed by atoms with E-state index in [1.54, 1.807) is 0 Å². The van der Waals surface area contributed by atoms with Gasteiger partial charge in [0.2, 0.25) is 5.91 Å². The second-order valence-electron chi connectivity index (χ2n) is 10.4. The SMILES string of the molecule is CC(C)c1ccc(C2CC(=O)NC3=C2C(=O)CC(c2ccc(C(C)(C)C)cc2)C3)cc1. The second kappa shape index (κ2) is 8.11. The van der Waals surface area contributed by atoms with E-state index in [0.717, 1.165) is 16.8 Å². The van der Waals surface area contributed by atoms with Gasteiger partial charge in [-0.25, -0.2) is 0 Å². The lowest BCUT2D eigenvalue weighted by atomic mass is 9.73. The lowest BCUT2D eigenvalue weighted by Gasteiger charge is -2.34. The smallest absolute Gasteiger partial charge is 0.225 e. The van der Waals surface area contributed by atoms with Crippen LogP contribution in [0.1, 0.15) is 93.9 Å². The Kier molecular flexibility index (Phi) is 5.63. The van der Waals surface area contributed by atoms with E-state index in [1.165, 1.54) is 16.7 Å². The molecule has 1 aliphatic carbocycles. The van der Waals surface area contributed by atoms with Gasteiger partial charge in [-0.1, -0.05) is 83.1 Å². The minimum atomic E-state index is -0.137. The largest absolute Gasteiger partial charge is 0.329 e. The fourth-order valence-electron chi connectivity index (χ4n) is 4.85. The first kappa shape index (κ1) is 21.5. The first-order valence-electron chi connectivity index (χ1n) is 11.4. The number of nitrogens with one attached hydrogen (secondary N) is 1. The van der Waals surface area contributed by atoms with Crippen molar-refractivity contribution in [3.8, 4) is 0 Å². The molecule has 2 aromatic carbocycles. The summed E-state index contributed by atoms with van der Waals surface area (Å²) in [6, 6.07) is 17.1. The quantitative estimate of drug-likeness (QED) is 0.657. The Labute approximate surface area is 185 Å². The van der Waals surface area contributed by atoms with Gasteiger partial charge >= 0.3 is 0 Å². The van der Waals surface area contributed by atoms with Crippen LogP contribution in [0.2, 0.25) is 0 Å². The normalized spacial score (nSPS) is 21.9. The van der Waals surface area contributed by atoms with E-state index in [2.05, 4.69) is 88.5 Å². The van der Waals surface area contributed by atoms with Gasteiger partial charge in [0.25, 0.3) is 0 Å². The Morgan fingerprint density at radius 1 is 0.839 bits per heavy atom. The van der Waals surface area contributed by atoms with Gasteiger partial charge in [0.1, 0.15) is 0 Å². The van der Waals surface area contributed by atoms with Gasteiger partial charge in [0.05, 0.1) is 0 Å². The van der Waals surface area contributed by atoms with Crippen molar-refractivity contribution < 1.29 is 9.59 Å². The van der Waals surface area contributed by atoms with Crippen LogP contribution < -0.4 is 5.32 Å². The van der Waals surface area contributed by atoms with E-state index in [1.807, 2.05) is 0 Å². The number of Topliss-reactive ketones (excluding diaryl/α,β-unsaturated/α-hetero) is 1. The van der Waals surface area contributed by atoms with Crippen LogP contribution in [-0.2, 0) is 15.0 Å². The lowest BCUT2D eigenvalue weighted by molar-refractivity contribution is -0.122. The summed E-state index contributed by atoms with van der Waals surface area (Å²) in [7, 11) is 0. The molecule has 1 heterocycles. The predicted molar refractivity (Wildman–Crippen MR) is 125 cm³/mol. The number of benzene rings is 2. The molecular formula is C28H33NO2. The van der Waals surface area contributed by atoms with E-state index >= 15 is 0 Å². The van der Waals surface area contributed by atoms with Crippen LogP contribution >= 0.6 is 0 Å². The van der Waals surface area contributed by atoms with Crippen LogP contribution in [0, 0.1) is 0 Å². The third-order valence-electron chi connectivity index (χ3n) is 6.79. The molecule has 0 fully saturated rings. The van der Waals surface area contributed by atoms with Crippen molar-refractivity contribution in [1.82, 2.24) is 5.32 Å². The lowest BCUT2D eigenvalue weighted by Crippen LogP contribution is -2.38. The topological polar surface area (TPSA) is 46.2 Å². The molecule has 2 atom stereocenters. The molecule has 31 heavy (non-hydrogen) atoms. The molecule has 3 heteroatoms. The Balaban J connectivity index is 1.63. The van der Waals surface area contributed by atoms with Gasteiger partial charge in [-0.2, -0.15) is 0 Å². The Hall–Kier alpha value is -2.68. The van der Waals surface area contributed by atoms with Gasteiger partial charge < -0.3 is 5.32 Å². The zero-order valence-electron chi connectivity index (χ0n) is 19.3. The number of ketones is 1. The Morgan fingerprint density at radius 3 is 2.03 bits per heavy atom. The fourth-order valence-corrected chi connectivity index (χ4v) is 4.85. The molecule has 0 aromatic heterocycles. The van der Waals surface area contributed by atoms with E-state index in [9.17, 15) is 9.59 Å². The standard InChI is InChI=1S/C28H33NO2/c1-17(2)18-6-8-20(9-7-18)23-16-26(31)29-24-14-21(15-25(30)27(23)24)19-10-12-22(13-11-19)28(3,4)5/h6-13,17,21,23H,14-16H2,1-5H3,(H,29,31). The molecule has 0 radical (unpaired) electrons. The number of carbonyl (C=O) groups excluding carboxylic acids is 2. The zero-order chi connectivity index (χ0) is 22.3. The van der Waals surface area contributed by atoms with Gasteiger partial charge in [-0.05, 0) is 45.9 Å². The van der Waals surface area contributed by atoms with E-state index in [-0.39, 0.29) is 28.9 Å². The molecule has 0 saturated carbocycles. The third-order valence-corrected chi connectivity index (χ3v) is 6.79. The molecule has 162 valence electrons. The number of allylic oxidation sites excluding steroid dienone is 2. The predicted octanol–water partition coefficient (Wildman–Crippen LogP) is 6.11. The minimum Gasteiger partial charge on any atom is -0.329 e. The van der Waals surface area contributed by atoms with E-state index < -0.39 is 0 Å². The summed E-state index contributed by atoms with van der Waals surface area (Å²) >= 11 is 0. The van der Waals surface area contributed by atoms with Crippen molar-refractivity contribution in [2.75, 3.05) is 0 Å². The van der Waals surface area contributed by atoms with Crippen LogP contribution in [0.3, 0.4) is 0 Å². The van der Waals surface area contributed by atoms with Gasteiger partial charge in [0, 0.05) is 30.0 Å². The van der Waals surface area contributed by atoms with Crippen molar-refractivity contribution >= 4 is 11.7 Å². The molecular weight excluding hydrogens is 382 g/mol. The summed E-state index contributed by atoms with van der Waals surface area (Å²) in [5.74, 6) is 0.613. The van der Waals surface area contributed by atoms with Crippen molar-refractivity contribution in [1.29, 1.82) is 0 Å². The maximum absolute atomic E-state index is 13.3. The molecule has 1 N–H and O–H groups in total. The Bertz CT molecular complexity index is 1020. The van der Waals surface area contributed by atoms with Gasteiger partial charge in [-0.3, -0.25) is 9.59 Å². The minimum absolute atomic E-state index is 0.00761. The zero-order valence-corrected chi connectivity index (χ0v) is 19.3. The third kappa shape index (κ3) is 4.37. The summed E-state index contributed by atoms with van der Waals surface area (Å²) in [5, 5.41) is 3.03. The first-order chi connectivity index (χ1) is 14.6. The summed E-state index contributed by atoms with van der Waals surface area (Å²) in [6.07, 6.45) is 1.56. The number of amides is 1. The number of rotatable bonds is 3. The van der Waals surface area contributed by atoms with Crippen LogP contribution in [0.15, 0.2) is 59.8 Å². The van der Waals surface area contributed by atoms with Crippen molar-refractivity contribution in [2.24, 2.45) is 0 Å². The highest BCUT2D eigenvalue weighted by Gasteiger charge is 2.38. The van der Waals surface area contributed by atoms with Gasteiger partial charge in [0.15, 0.2) is 5.78 Å². The average molecular weight is 416 g/mol. The number of carbonyl (C=O) groups is 2. The van der Waals surface area contributed by atoms with E-state index in [4.69, 9.17) is 0 Å². The summed E-state index contributed by atoms with van der Waals surface area (Å²) in [5.41, 5.74) is 6.54. The molecule has 4 rings (SSSR count). The van der Waals surface area contributed by atoms with Crippen molar-refractivity contribution in [3.63, 3.8) is 0 Å². The molecule has 3 nitrogen and oxygen atoms in total. The number of hydrogen-bond acceptors (Lipinski definition) is 2. The highest BCUT2D eigenvalue weighted by molar-refractivity contribution is 6.02. The molecule has 0 bridgehead atoms. The van der Waals surface area contributed by atoms with Crippen LogP contribution in [-0.4, -0.2) is 11.7 Å². The fraction of sp³-hybridized carbons (Fsp3) is 0.429. The summed E-state index contributed by atoms with van der Waals surface area (Å²) in [6.45, 7) is 10.9. The van der Waals surface area contributed by atoms with Crippen molar-refractivity contribution in [3.05, 3.63) is 82.1 Å². The molecule has 0 saturated heterocycles. The highest BCUT2D eigenvalue weighted by Crippen LogP contribution is 2.43. The number of hydrogen-bond donors (Lipinski definition) is 1. The first-order valence-corrected chi connectivity index (χ1v) is 11.4. The molecule has 2 unspecified atom stereocenters. The van der Waals surface area contributed by atoms with E-state index in [0.29, 0.717) is 25.2 Å². The van der Waals surface area contributed by atoms with Crippen LogP contribution in [0.4, 0.5) is 0 Å².